The van der Waals surface area contributed by atoms with E-state index in [4.69, 9.17) is 17.2 Å². The number of nitrogens with zero attached hydrogens (tertiary/aromatic N) is 1. The Kier molecular flexibility index (Phi) is 14.5. The highest BCUT2D eigenvalue weighted by atomic mass is 16.4. The zero-order valence-electron chi connectivity index (χ0n) is 20.4. The maximum Gasteiger partial charge on any atom is 0.326 e. The standard InChI is InChI=1S/C21H41N7O6/c1-5-11(3)15(27-17(30)13(22)8-7-9-25-21(23)24)19(32)26-14(10-29)18(31)28-16(20(33)34)12(4)6-2/h11-16,29H,5-10,22H2,1-4H3,(H,26,32)(H,27,30)(H,28,31)(H,33,34)(H4,23,24,25). The van der Waals surface area contributed by atoms with Crippen LogP contribution in [0.5, 0.6) is 0 Å². The second-order valence-corrected chi connectivity index (χ2v) is 8.38. The summed E-state index contributed by atoms with van der Waals surface area (Å²) in [5.41, 5.74) is 16.4. The predicted molar refractivity (Wildman–Crippen MR) is 127 cm³/mol. The topological polar surface area (TPSA) is 235 Å². The molecule has 0 heterocycles. The van der Waals surface area contributed by atoms with Crippen LogP contribution in [0.4, 0.5) is 0 Å². The number of nitrogens with two attached hydrogens (primary N) is 3. The van der Waals surface area contributed by atoms with Gasteiger partial charge >= 0.3 is 5.97 Å². The molecule has 0 rings (SSSR count). The number of carbonyl (C=O) groups is 4. The Balaban J connectivity index is 5.24. The molecule has 13 heteroatoms. The third-order valence-corrected chi connectivity index (χ3v) is 5.69. The summed E-state index contributed by atoms with van der Waals surface area (Å²) < 4.78 is 0. The largest absolute Gasteiger partial charge is 0.480 e. The molecular weight excluding hydrogens is 446 g/mol. The molecule has 0 aromatic heterocycles. The number of nitrogens with one attached hydrogen (secondary N) is 3. The molecular formula is C21H41N7O6. The highest BCUT2D eigenvalue weighted by molar-refractivity contribution is 5.94. The number of aliphatic hydroxyl groups is 1. The van der Waals surface area contributed by atoms with Gasteiger partial charge in [-0.15, -0.1) is 0 Å². The molecule has 0 bridgehead atoms. The van der Waals surface area contributed by atoms with E-state index in [0.717, 1.165) is 0 Å². The normalized spacial score (nSPS) is 16.2. The first-order valence-corrected chi connectivity index (χ1v) is 11.4. The van der Waals surface area contributed by atoms with Crippen molar-refractivity contribution in [2.75, 3.05) is 13.2 Å². The first-order chi connectivity index (χ1) is 15.9. The number of amides is 3. The van der Waals surface area contributed by atoms with Gasteiger partial charge in [-0.05, 0) is 24.7 Å². The minimum atomic E-state index is -1.39. The van der Waals surface area contributed by atoms with Crippen molar-refractivity contribution in [3.63, 3.8) is 0 Å². The van der Waals surface area contributed by atoms with Crippen molar-refractivity contribution in [2.24, 2.45) is 34.0 Å². The van der Waals surface area contributed by atoms with E-state index in [1.54, 1.807) is 20.8 Å². The van der Waals surface area contributed by atoms with Crippen molar-refractivity contribution in [3.05, 3.63) is 0 Å². The van der Waals surface area contributed by atoms with Crippen molar-refractivity contribution in [3.8, 4) is 0 Å². The molecule has 0 spiro atoms. The van der Waals surface area contributed by atoms with Crippen LogP contribution >= 0.6 is 0 Å². The van der Waals surface area contributed by atoms with Crippen LogP contribution in [-0.4, -0.2) is 77.2 Å². The Morgan fingerprint density at radius 3 is 1.88 bits per heavy atom. The van der Waals surface area contributed by atoms with Crippen LogP contribution in [-0.2, 0) is 19.2 Å². The molecule has 196 valence electrons. The molecule has 0 aromatic rings. The lowest BCUT2D eigenvalue weighted by molar-refractivity contribution is -0.144. The first kappa shape index (κ1) is 31.1. The zero-order chi connectivity index (χ0) is 26.4. The van der Waals surface area contributed by atoms with Gasteiger partial charge in [0.25, 0.3) is 0 Å². The number of carbonyl (C=O) groups excluding carboxylic acids is 3. The summed E-state index contributed by atoms with van der Waals surface area (Å²) in [4.78, 5) is 53.3. The number of aliphatic carboxylic acids is 1. The quantitative estimate of drug-likeness (QED) is 0.0681. The smallest absolute Gasteiger partial charge is 0.326 e. The van der Waals surface area contributed by atoms with Crippen molar-refractivity contribution in [1.82, 2.24) is 16.0 Å². The molecule has 11 N–H and O–H groups in total. The van der Waals surface area contributed by atoms with Gasteiger partial charge in [-0.1, -0.05) is 40.5 Å². The van der Waals surface area contributed by atoms with Crippen LogP contribution in [0.1, 0.15) is 53.4 Å². The highest BCUT2D eigenvalue weighted by Crippen LogP contribution is 2.11. The predicted octanol–water partition coefficient (Wildman–Crippen LogP) is -2.01. The Morgan fingerprint density at radius 2 is 1.41 bits per heavy atom. The van der Waals surface area contributed by atoms with E-state index in [0.29, 0.717) is 25.8 Å². The minimum absolute atomic E-state index is 0.0622. The van der Waals surface area contributed by atoms with Crippen molar-refractivity contribution in [2.45, 2.75) is 77.5 Å². The minimum Gasteiger partial charge on any atom is -0.480 e. The molecule has 34 heavy (non-hydrogen) atoms. The fraction of sp³-hybridized carbons (Fsp3) is 0.762. The average molecular weight is 488 g/mol. The van der Waals surface area contributed by atoms with Crippen molar-refractivity contribution < 1.29 is 29.4 Å². The molecule has 0 saturated heterocycles. The summed E-state index contributed by atoms with van der Waals surface area (Å²) in [6.45, 7) is 6.57. The second-order valence-electron chi connectivity index (χ2n) is 8.38. The lowest BCUT2D eigenvalue weighted by Crippen LogP contribution is -2.59. The molecule has 0 aliphatic carbocycles. The van der Waals surface area contributed by atoms with Gasteiger partial charge in [0.1, 0.15) is 18.1 Å². The fourth-order valence-corrected chi connectivity index (χ4v) is 3.01. The SMILES string of the molecule is CCC(C)C(NC(=O)C(CO)NC(=O)C(NC(=O)C(N)CCCN=C(N)N)C(C)CC)C(=O)O. The summed E-state index contributed by atoms with van der Waals surface area (Å²) in [6.07, 6.45) is 1.77. The lowest BCUT2D eigenvalue weighted by Gasteiger charge is -2.28. The van der Waals surface area contributed by atoms with Gasteiger partial charge in [0, 0.05) is 6.54 Å². The van der Waals surface area contributed by atoms with E-state index >= 15 is 0 Å². The Labute approximate surface area is 200 Å². The van der Waals surface area contributed by atoms with Crippen LogP contribution in [0.2, 0.25) is 0 Å². The molecule has 0 radical (unpaired) electrons. The number of aliphatic hydroxyl groups excluding tert-OH is 1. The van der Waals surface area contributed by atoms with E-state index in [1.165, 1.54) is 0 Å². The summed E-state index contributed by atoms with van der Waals surface area (Å²) in [7, 11) is 0. The monoisotopic (exact) mass is 487 g/mol. The Hall–Kier alpha value is -2.93. The molecule has 0 aliphatic heterocycles. The van der Waals surface area contributed by atoms with Crippen LogP contribution in [0, 0.1) is 11.8 Å². The number of guanidine groups is 1. The number of carboxylic acids is 1. The van der Waals surface area contributed by atoms with E-state index in [-0.39, 0.29) is 24.2 Å². The zero-order valence-corrected chi connectivity index (χ0v) is 20.4. The average Bonchev–Trinajstić information content (AvgIpc) is 2.79. The van der Waals surface area contributed by atoms with E-state index < -0.39 is 54.5 Å². The molecule has 0 aromatic carbocycles. The summed E-state index contributed by atoms with van der Waals surface area (Å²) in [5.74, 6) is -4.05. The van der Waals surface area contributed by atoms with Crippen molar-refractivity contribution >= 4 is 29.7 Å². The first-order valence-electron chi connectivity index (χ1n) is 11.4. The highest BCUT2D eigenvalue weighted by Gasteiger charge is 2.33. The van der Waals surface area contributed by atoms with Gasteiger partial charge in [0.15, 0.2) is 5.96 Å². The number of hydrogen-bond acceptors (Lipinski definition) is 7. The number of carboxylic acid groups (broad SMARTS) is 1. The molecule has 13 nitrogen and oxygen atoms in total. The van der Waals surface area contributed by atoms with Gasteiger partial charge in [-0.2, -0.15) is 0 Å². The Morgan fingerprint density at radius 1 is 0.882 bits per heavy atom. The molecule has 3 amide bonds. The maximum absolute atomic E-state index is 12.9. The third-order valence-electron chi connectivity index (χ3n) is 5.69. The number of aliphatic imine (C=N–C) groups is 1. The van der Waals surface area contributed by atoms with Crippen LogP contribution in [0.3, 0.4) is 0 Å². The number of rotatable bonds is 16. The fourth-order valence-electron chi connectivity index (χ4n) is 3.01. The summed E-state index contributed by atoms with van der Waals surface area (Å²) in [6, 6.07) is -4.49. The van der Waals surface area contributed by atoms with E-state index in [1.807, 2.05) is 6.92 Å². The molecule has 6 atom stereocenters. The van der Waals surface area contributed by atoms with Crippen LogP contribution in [0.25, 0.3) is 0 Å². The van der Waals surface area contributed by atoms with E-state index in [9.17, 15) is 29.4 Å². The molecule has 0 fully saturated rings. The third kappa shape index (κ3) is 10.8. The molecule has 0 saturated carbocycles. The second kappa shape index (κ2) is 15.8. The lowest BCUT2D eigenvalue weighted by atomic mass is 9.97. The van der Waals surface area contributed by atoms with Crippen molar-refractivity contribution in [1.29, 1.82) is 0 Å². The maximum atomic E-state index is 12.9. The summed E-state index contributed by atoms with van der Waals surface area (Å²) >= 11 is 0. The number of hydrogen-bond donors (Lipinski definition) is 8. The van der Waals surface area contributed by atoms with E-state index in [2.05, 4.69) is 20.9 Å². The van der Waals surface area contributed by atoms with Crippen LogP contribution in [0.15, 0.2) is 4.99 Å². The van der Waals surface area contributed by atoms with Gasteiger partial charge < -0.3 is 43.4 Å². The van der Waals surface area contributed by atoms with Gasteiger partial charge in [0.2, 0.25) is 17.7 Å². The summed E-state index contributed by atoms with van der Waals surface area (Å²) in [5, 5.41) is 26.4. The molecule has 6 unspecified atom stereocenters. The Bertz CT molecular complexity index is 714. The van der Waals surface area contributed by atoms with Gasteiger partial charge in [-0.3, -0.25) is 19.4 Å². The van der Waals surface area contributed by atoms with Gasteiger partial charge in [0.05, 0.1) is 12.6 Å². The molecule has 0 aliphatic rings. The van der Waals surface area contributed by atoms with Crippen LogP contribution < -0.4 is 33.2 Å². The van der Waals surface area contributed by atoms with Gasteiger partial charge in [-0.25, -0.2) is 4.79 Å².